The standard InChI is InChI=1S/C76H113ClF5N13O12/c1-18-47(6)62-71(105)88(12)49(8)66(100)95-38-32-56(95)70(104)91(15)58(41-51-25-23-46(5)24-26-51)69(103)87(11)43-60(96)83-54(30-28-50-27-29-52(53(77)40-50)76(80,81)82)67(101)90(14)55(31-37-94-36-22-35-75(78,79)44-94)65(99)85-74(33-20-21-34-74)73(107)93(17)63(48(7)19-2)72(106)92(16)59(68(102)86(9)10)42-61(97)89(13)57(39-45(3)4)64(98)84-62/h23-27,29,40,45,47-49,54-59,62-63H,18-22,28,30-39,41-44H2,1-17H3,(H,83,96)(H,84,98)(H,85,99)/t47-,48-,49-,54-,55-,56-,57-,58-,59-,62-,63-/m0/s1. The van der Waals surface area contributed by atoms with Gasteiger partial charge in [0.2, 0.25) is 70.9 Å². The molecule has 1 saturated carbocycles. The Morgan fingerprint density at radius 1 is 0.664 bits per heavy atom. The summed E-state index contributed by atoms with van der Waals surface area (Å²) in [7, 11) is 12.3. The van der Waals surface area contributed by atoms with Crippen molar-refractivity contribution in [2.75, 3.05) is 96.2 Å². The minimum absolute atomic E-state index is 0.0207. The zero-order valence-corrected chi connectivity index (χ0v) is 66.0. The Kier molecular flexibility index (Phi) is 30.7. The van der Waals surface area contributed by atoms with Crippen LogP contribution in [0.2, 0.25) is 5.02 Å². The Bertz CT molecular complexity index is 3540. The quantitative estimate of drug-likeness (QED) is 0.172. The molecule has 596 valence electrons. The first kappa shape index (κ1) is 87.9. The smallest absolute Gasteiger partial charge is 0.347 e. The highest BCUT2D eigenvalue weighted by Gasteiger charge is 2.51. The number of hydrogen-bond acceptors (Lipinski definition) is 13. The van der Waals surface area contributed by atoms with Gasteiger partial charge in [-0.05, 0) is 113 Å². The van der Waals surface area contributed by atoms with Crippen molar-refractivity contribution in [2.24, 2.45) is 17.8 Å². The molecule has 0 bridgehead atoms. The topological polar surface area (TPSA) is 273 Å². The summed E-state index contributed by atoms with van der Waals surface area (Å²) >= 11 is 6.18. The van der Waals surface area contributed by atoms with Crippen molar-refractivity contribution in [1.82, 2.24) is 64.9 Å². The van der Waals surface area contributed by atoms with E-state index in [2.05, 4.69) is 16.0 Å². The maximum absolute atomic E-state index is 15.7. The van der Waals surface area contributed by atoms with E-state index in [-0.39, 0.29) is 88.9 Å². The number of nitrogens with one attached hydrogen (secondary N) is 3. The van der Waals surface area contributed by atoms with Crippen molar-refractivity contribution in [3.63, 3.8) is 0 Å². The number of alkyl halides is 5. The van der Waals surface area contributed by atoms with Crippen molar-refractivity contribution in [3.05, 3.63) is 69.7 Å². The van der Waals surface area contributed by atoms with Crippen LogP contribution < -0.4 is 16.0 Å². The number of rotatable bonds is 15. The van der Waals surface area contributed by atoms with Crippen LogP contribution in [0.4, 0.5) is 22.0 Å². The molecule has 4 fully saturated rings. The number of aryl methyl sites for hydroxylation is 2. The maximum atomic E-state index is 15.7. The van der Waals surface area contributed by atoms with Crippen molar-refractivity contribution in [3.8, 4) is 0 Å². The lowest BCUT2D eigenvalue weighted by atomic mass is 9.90. The summed E-state index contributed by atoms with van der Waals surface area (Å²) in [6, 6.07) is -2.25. The fourth-order valence-corrected chi connectivity index (χ4v) is 15.0. The van der Waals surface area contributed by atoms with Gasteiger partial charge in [0.25, 0.3) is 5.92 Å². The Morgan fingerprint density at radius 2 is 1.27 bits per heavy atom. The first-order valence-corrected chi connectivity index (χ1v) is 37.6. The highest BCUT2D eigenvalue weighted by molar-refractivity contribution is 6.31. The van der Waals surface area contributed by atoms with Crippen LogP contribution in [0.15, 0.2) is 42.5 Å². The van der Waals surface area contributed by atoms with Gasteiger partial charge in [-0.2, -0.15) is 13.2 Å². The molecule has 3 N–H and O–H groups in total. The molecule has 1 spiro atoms. The summed E-state index contributed by atoms with van der Waals surface area (Å²) < 4.78 is 72.2. The molecule has 12 amide bonds. The van der Waals surface area contributed by atoms with Gasteiger partial charge in [-0.25, -0.2) is 8.78 Å². The van der Waals surface area contributed by atoms with Gasteiger partial charge in [0, 0.05) is 89.4 Å². The Morgan fingerprint density at radius 3 is 1.82 bits per heavy atom. The average Bonchev–Trinajstić information content (AvgIpc) is 1.68. The molecule has 2 aromatic carbocycles. The van der Waals surface area contributed by atoms with E-state index in [0.29, 0.717) is 31.2 Å². The molecular weight excluding hydrogens is 1420 g/mol. The summed E-state index contributed by atoms with van der Waals surface area (Å²) in [6.07, 6.45) is -5.07. The van der Waals surface area contributed by atoms with Crippen LogP contribution in [0.25, 0.3) is 0 Å². The second kappa shape index (κ2) is 37.4. The molecule has 3 aliphatic heterocycles. The molecule has 3 heterocycles. The fourth-order valence-electron chi connectivity index (χ4n) is 14.7. The number of carbonyl (C=O) groups excluding carboxylic acids is 12. The van der Waals surface area contributed by atoms with E-state index in [1.807, 2.05) is 27.7 Å². The molecule has 25 nitrogen and oxygen atoms in total. The third-order valence-corrected chi connectivity index (χ3v) is 22.5. The van der Waals surface area contributed by atoms with Gasteiger partial charge in [-0.1, -0.05) is 115 Å². The first-order valence-electron chi connectivity index (χ1n) is 37.2. The molecule has 11 atom stereocenters. The van der Waals surface area contributed by atoms with E-state index in [9.17, 15) is 46.7 Å². The highest BCUT2D eigenvalue weighted by atomic mass is 35.5. The van der Waals surface area contributed by atoms with E-state index in [1.54, 1.807) is 45.0 Å². The van der Waals surface area contributed by atoms with Gasteiger partial charge in [0.15, 0.2) is 0 Å². The zero-order valence-electron chi connectivity index (χ0n) is 65.3. The van der Waals surface area contributed by atoms with E-state index >= 15 is 32.8 Å². The van der Waals surface area contributed by atoms with Gasteiger partial charge in [-0.3, -0.25) is 62.4 Å². The number of likely N-dealkylation sites (tertiary alicyclic amines) is 1. The van der Waals surface area contributed by atoms with Crippen molar-refractivity contribution in [1.29, 1.82) is 0 Å². The number of amides is 12. The third kappa shape index (κ3) is 21.7. The molecule has 31 heteroatoms. The average molecular weight is 1530 g/mol. The van der Waals surface area contributed by atoms with Crippen LogP contribution in [0.3, 0.4) is 0 Å². The largest absolute Gasteiger partial charge is 0.417 e. The Hall–Kier alpha value is -8.02. The lowest BCUT2D eigenvalue weighted by Crippen LogP contribution is -2.65. The first-order chi connectivity index (χ1) is 49.9. The zero-order chi connectivity index (χ0) is 80.2. The summed E-state index contributed by atoms with van der Waals surface area (Å²) in [5.41, 5.74) is -1.22. The minimum atomic E-state index is -4.83. The number of benzene rings is 2. The maximum Gasteiger partial charge on any atom is 0.417 e. The molecule has 6 rings (SSSR count). The lowest BCUT2D eigenvalue weighted by molar-refractivity contribution is -0.160. The van der Waals surface area contributed by atoms with Crippen LogP contribution in [0.1, 0.15) is 154 Å². The third-order valence-electron chi connectivity index (χ3n) is 22.2. The second-order valence-electron chi connectivity index (χ2n) is 30.7. The van der Waals surface area contributed by atoms with Crippen molar-refractivity contribution < 1.29 is 79.5 Å². The highest BCUT2D eigenvalue weighted by Crippen LogP contribution is 2.37. The number of carbonyl (C=O) groups is 12. The van der Waals surface area contributed by atoms with E-state index < -0.39 is 191 Å². The summed E-state index contributed by atoms with van der Waals surface area (Å²) in [5, 5.41) is 7.88. The molecular formula is C76H113ClF5N13O12. The summed E-state index contributed by atoms with van der Waals surface area (Å²) in [5.74, 6) is -13.7. The molecule has 0 unspecified atom stereocenters. The number of piperidine rings is 1. The summed E-state index contributed by atoms with van der Waals surface area (Å²) in [4.78, 5) is 193. The minimum Gasteiger partial charge on any atom is -0.347 e. The fraction of sp³-hybridized carbons (Fsp3) is 0.684. The van der Waals surface area contributed by atoms with Crippen molar-refractivity contribution >= 4 is 82.5 Å². The predicted molar refractivity (Wildman–Crippen MR) is 393 cm³/mol. The van der Waals surface area contributed by atoms with Crippen LogP contribution in [0.5, 0.6) is 0 Å². The van der Waals surface area contributed by atoms with E-state index in [1.165, 1.54) is 105 Å². The predicted octanol–water partition coefficient (Wildman–Crippen LogP) is 6.03. The molecule has 0 aromatic heterocycles. The van der Waals surface area contributed by atoms with Crippen LogP contribution >= 0.6 is 11.6 Å². The lowest BCUT2D eigenvalue weighted by Gasteiger charge is -2.45. The van der Waals surface area contributed by atoms with Crippen LogP contribution in [-0.4, -0.2) is 282 Å². The molecule has 107 heavy (non-hydrogen) atoms. The number of likely N-dealkylation sites (N-methyl/N-ethyl adjacent to an activating group) is 8. The van der Waals surface area contributed by atoms with E-state index in [0.717, 1.165) is 38.5 Å². The van der Waals surface area contributed by atoms with Crippen LogP contribution in [0, 0.1) is 24.7 Å². The van der Waals surface area contributed by atoms with Gasteiger partial charge in [0.1, 0.15) is 59.9 Å². The van der Waals surface area contributed by atoms with Gasteiger partial charge >= 0.3 is 6.18 Å². The van der Waals surface area contributed by atoms with Gasteiger partial charge in [0.05, 0.1) is 30.1 Å². The van der Waals surface area contributed by atoms with Crippen LogP contribution in [-0.2, 0) is 76.6 Å². The van der Waals surface area contributed by atoms with E-state index in [4.69, 9.17) is 11.6 Å². The number of halogens is 6. The normalized spacial score (nSPS) is 26.1. The van der Waals surface area contributed by atoms with Crippen molar-refractivity contribution in [2.45, 2.75) is 224 Å². The molecule has 4 aliphatic rings. The monoisotopic (exact) mass is 1530 g/mol. The number of hydrogen-bond donors (Lipinski definition) is 3. The van der Waals surface area contributed by atoms with Gasteiger partial charge < -0.3 is 60.0 Å². The number of fused-ring (bicyclic) bond motifs is 1. The SMILES string of the molecule is CC[C@H](C)[C@@H]1NC(=O)[C@H](CC(C)C)N(C)C(=O)C[C@@H](C(=O)N(C)C)N(C)C(=O)[C@H]([C@@H](C)CC)N(C)C(=O)C2(CCCC2)NC(=O)[C@H](CCN2CCCC(F)(F)C2)N(C)C(=O)[C@H](CCc2ccc(C(F)(F)F)c(Cl)c2)NC(=O)CN(C)C(=O)[C@H](Cc2ccc(C)cc2)N(C)C(=O)[C@@H]2CCN2C(=O)[C@H](C)N(C)C1=O. The Labute approximate surface area is 631 Å². The molecule has 1 aliphatic carbocycles. The molecule has 3 saturated heterocycles. The Balaban J connectivity index is 1.50. The molecule has 2 aromatic rings. The van der Waals surface area contributed by atoms with Gasteiger partial charge in [-0.15, -0.1) is 0 Å². The summed E-state index contributed by atoms with van der Waals surface area (Å²) in [6.45, 7) is 12.7. The molecule has 0 radical (unpaired) electrons. The second-order valence-corrected chi connectivity index (χ2v) is 31.1. The number of nitrogens with zero attached hydrogens (tertiary/aromatic N) is 10.